The summed E-state index contributed by atoms with van der Waals surface area (Å²) >= 11 is 0. The zero-order valence-electron chi connectivity index (χ0n) is 14.4. The van der Waals surface area contributed by atoms with E-state index in [0.717, 1.165) is 19.6 Å². The van der Waals surface area contributed by atoms with Gasteiger partial charge in [0.1, 0.15) is 0 Å². The zero-order valence-corrected chi connectivity index (χ0v) is 15.3. The Morgan fingerprint density at radius 1 is 1.12 bits per heavy atom. The summed E-state index contributed by atoms with van der Waals surface area (Å²) in [4.78, 5) is 13.8. The van der Waals surface area contributed by atoms with Gasteiger partial charge in [0.05, 0.1) is 5.75 Å². The third kappa shape index (κ3) is 5.58. The first-order valence-electron chi connectivity index (χ1n) is 8.40. The van der Waals surface area contributed by atoms with Crippen molar-refractivity contribution in [3.8, 4) is 0 Å². The highest BCUT2D eigenvalue weighted by atomic mass is 32.2. The van der Waals surface area contributed by atoms with E-state index in [0.29, 0.717) is 13.1 Å². The summed E-state index contributed by atoms with van der Waals surface area (Å²) in [5.41, 5.74) is 1.24. The molecule has 1 N–H and O–H groups in total. The second-order valence-electron chi connectivity index (χ2n) is 6.42. The summed E-state index contributed by atoms with van der Waals surface area (Å²) in [5.74, 6) is -0.281. The predicted octanol–water partition coefficient (Wildman–Crippen LogP) is 0.906. The minimum Gasteiger partial charge on any atom is -0.355 e. The van der Waals surface area contributed by atoms with E-state index in [1.807, 2.05) is 18.2 Å². The Balaban J connectivity index is 1.77. The monoisotopic (exact) mass is 353 g/mol. The standard InChI is InChI=1S/C17H27N3O3S/c1-15(2)17(21)18-8-13-24(22,23)20-11-9-19(10-12-20)14-16-6-4-3-5-7-16/h3-7,15H,8-14H2,1-2H3,(H,18,21). The van der Waals surface area contributed by atoms with Gasteiger partial charge < -0.3 is 5.32 Å². The van der Waals surface area contributed by atoms with Crippen LogP contribution in [0.4, 0.5) is 0 Å². The molecule has 0 aliphatic carbocycles. The van der Waals surface area contributed by atoms with Crippen molar-refractivity contribution in [2.24, 2.45) is 5.92 Å². The number of rotatable bonds is 7. The molecular weight excluding hydrogens is 326 g/mol. The molecule has 1 saturated heterocycles. The van der Waals surface area contributed by atoms with Crippen molar-refractivity contribution in [2.75, 3.05) is 38.5 Å². The fourth-order valence-electron chi connectivity index (χ4n) is 2.64. The van der Waals surface area contributed by atoms with E-state index in [1.54, 1.807) is 13.8 Å². The number of sulfonamides is 1. The topological polar surface area (TPSA) is 69.7 Å². The molecule has 24 heavy (non-hydrogen) atoms. The number of hydrogen-bond donors (Lipinski definition) is 1. The second kappa shape index (κ2) is 8.60. The van der Waals surface area contributed by atoms with Crippen molar-refractivity contribution >= 4 is 15.9 Å². The molecule has 7 heteroatoms. The summed E-state index contributed by atoms with van der Waals surface area (Å²) in [6, 6.07) is 10.2. The van der Waals surface area contributed by atoms with Crippen LogP contribution in [0.25, 0.3) is 0 Å². The summed E-state index contributed by atoms with van der Waals surface area (Å²) in [7, 11) is -3.31. The second-order valence-corrected chi connectivity index (χ2v) is 8.51. The number of hydrogen-bond acceptors (Lipinski definition) is 4. The van der Waals surface area contributed by atoms with Gasteiger partial charge in [-0.3, -0.25) is 9.69 Å². The molecule has 1 fully saturated rings. The van der Waals surface area contributed by atoms with Crippen LogP contribution in [-0.2, 0) is 21.4 Å². The highest BCUT2D eigenvalue weighted by Gasteiger charge is 2.26. The van der Waals surface area contributed by atoms with Gasteiger partial charge in [-0.15, -0.1) is 0 Å². The van der Waals surface area contributed by atoms with Crippen LogP contribution in [0.3, 0.4) is 0 Å². The van der Waals surface area contributed by atoms with E-state index in [2.05, 4.69) is 22.3 Å². The lowest BCUT2D eigenvalue weighted by molar-refractivity contribution is -0.123. The molecule has 1 aromatic carbocycles. The Kier molecular flexibility index (Phi) is 6.77. The van der Waals surface area contributed by atoms with E-state index in [9.17, 15) is 13.2 Å². The lowest BCUT2D eigenvalue weighted by atomic mass is 10.2. The van der Waals surface area contributed by atoms with Gasteiger partial charge in [-0.05, 0) is 5.56 Å². The van der Waals surface area contributed by atoms with E-state index < -0.39 is 10.0 Å². The molecule has 0 saturated carbocycles. The number of carbonyl (C=O) groups excluding carboxylic acids is 1. The van der Waals surface area contributed by atoms with E-state index in [1.165, 1.54) is 9.87 Å². The van der Waals surface area contributed by atoms with Gasteiger partial charge in [0, 0.05) is 45.2 Å². The van der Waals surface area contributed by atoms with Crippen molar-refractivity contribution in [2.45, 2.75) is 20.4 Å². The number of nitrogens with one attached hydrogen (secondary N) is 1. The van der Waals surface area contributed by atoms with Crippen LogP contribution in [-0.4, -0.2) is 62.0 Å². The van der Waals surface area contributed by atoms with Crippen LogP contribution in [0.1, 0.15) is 19.4 Å². The number of amides is 1. The molecule has 1 aromatic rings. The Hall–Kier alpha value is -1.44. The number of benzene rings is 1. The molecule has 0 spiro atoms. The maximum atomic E-state index is 12.4. The van der Waals surface area contributed by atoms with Crippen LogP contribution in [0.2, 0.25) is 0 Å². The largest absolute Gasteiger partial charge is 0.355 e. The van der Waals surface area contributed by atoms with Crippen molar-refractivity contribution < 1.29 is 13.2 Å². The Bertz CT molecular complexity index is 624. The number of carbonyl (C=O) groups is 1. The molecular formula is C17H27N3O3S. The normalized spacial score (nSPS) is 17.1. The summed E-state index contributed by atoms with van der Waals surface area (Å²) in [5, 5.41) is 2.66. The smallest absolute Gasteiger partial charge is 0.222 e. The zero-order chi connectivity index (χ0) is 17.6. The van der Waals surface area contributed by atoms with Crippen molar-refractivity contribution in [1.29, 1.82) is 0 Å². The average Bonchev–Trinajstić information content (AvgIpc) is 2.56. The minimum atomic E-state index is -3.31. The molecule has 6 nitrogen and oxygen atoms in total. The highest BCUT2D eigenvalue weighted by molar-refractivity contribution is 7.89. The first kappa shape index (κ1) is 18.9. The van der Waals surface area contributed by atoms with Crippen LogP contribution in [0.15, 0.2) is 30.3 Å². The average molecular weight is 353 g/mol. The fourth-order valence-corrected chi connectivity index (χ4v) is 3.98. The number of nitrogens with zero attached hydrogens (tertiary/aromatic N) is 2. The maximum Gasteiger partial charge on any atom is 0.222 e. The fraction of sp³-hybridized carbons (Fsp3) is 0.588. The first-order valence-corrected chi connectivity index (χ1v) is 10.0. The lowest BCUT2D eigenvalue weighted by Crippen LogP contribution is -2.49. The quantitative estimate of drug-likeness (QED) is 0.791. The molecule has 0 atom stereocenters. The molecule has 134 valence electrons. The van der Waals surface area contributed by atoms with Gasteiger partial charge in [0.15, 0.2) is 0 Å². The van der Waals surface area contributed by atoms with E-state index >= 15 is 0 Å². The highest BCUT2D eigenvalue weighted by Crippen LogP contribution is 2.11. The van der Waals surface area contributed by atoms with Gasteiger partial charge >= 0.3 is 0 Å². The molecule has 0 aromatic heterocycles. The Morgan fingerprint density at radius 2 is 1.75 bits per heavy atom. The molecule has 2 rings (SSSR count). The molecule has 1 amide bonds. The molecule has 1 heterocycles. The summed E-state index contributed by atoms with van der Waals surface area (Å²) in [6.07, 6.45) is 0. The maximum absolute atomic E-state index is 12.4. The van der Waals surface area contributed by atoms with Gasteiger partial charge in [-0.25, -0.2) is 8.42 Å². The Morgan fingerprint density at radius 3 is 2.33 bits per heavy atom. The third-order valence-corrected chi connectivity index (χ3v) is 6.03. The van der Waals surface area contributed by atoms with E-state index in [4.69, 9.17) is 0 Å². The first-order chi connectivity index (χ1) is 11.4. The van der Waals surface area contributed by atoms with Gasteiger partial charge in [0.25, 0.3) is 0 Å². The predicted molar refractivity (Wildman–Crippen MR) is 94.9 cm³/mol. The van der Waals surface area contributed by atoms with Crippen LogP contribution >= 0.6 is 0 Å². The molecule has 0 unspecified atom stereocenters. The van der Waals surface area contributed by atoms with Crippen LogP contribution in [0.5, 0.6) is 0 Å². The minimum absolute atomic E-state index is 0.0376. The number of piperazine rings is 1. The molecule has 0 radical (unpaired) electrons. The lowest BCUT2D eigenvalue weighted by Gasteiger charge is -2.34. The van der Waals surface area contributed by atoms with Crippen LogP contribution < -0.4 is 5.32 Å². The molecule has 0 bridgehead atoms. The van der Waals surface area contributed by atoms with Crippen LogP contribution in [0, 0.1) is 5.92 Å². The Labute approximate surface area is 144 Å². The van der Waals surface area contributed by atoms with Gasteiger partial charge in [-0.1, -0.05) is 44.2 Å². The SMILES string of the molecule is CC(C)C(=O)NCCS(=O)(=O)N1CCN(Cc2ccccc2)CC1. The van der Waals surface area contributed by atoms with Crippen molar-refractivity contribution in [3.63, 3.8) is 0 Å². The van der Waals surface area contributed by atoms with Crippen molar-refractivity contribution in [3.05, 3.63) is 35.9 Å². The summed E-state index contributed by atoms with van der Waals surface area (Å²) in [6.45, 7) is 7.06. The van der Waals surface area contributed by atoms with Crippen molar-refractivity contribution in [1.82, 2.24) is 14.5 Å². The van der Waals surface area contributed by atoms with Gasteiger partial charge in [0.2, 0.25) is 15.9 Å². The van der Waals surface area contributed by atoms with Gasteiger partial charge in [-0.2, -0.15) is 4.31 Å². The van der Waals surface area contributed by atoms with E-state index in [-0.39, 0.29) is 24.1 Å². The molecule has 1 aliphatic heterocycles. The molecule has 1 aliphatic rings. The third-order valence-electron chi connectivity index (χ3n) is 4.16. The summed E-state index contributed by atoms with van der Waals surface area (Å²) < 4.78 is 26.3.